The van der Waals surface area contributed by atoms with E-state index in [-0.39, 0.29) is 10.8 Å². The van der Waals surface area contributed by atoms with Gasteiger partial charge in [0, 0.05) is 48.1 Å². The third-order valence-corrected chi connectivity index (χ3v) is 12.7. The van der Waals surface area contributed by atoms with Crippen LogP contribution in [0.5, 0.6) is 0 Å². The van der Waals surface area contributed by atoms with Gasteiger partial charge in [-0.05, 0) is 98.1 Å². The van der Waals surface area contributed by atoms with Gasteiger partial charge in [-0.2, -0.15) is 0 Å². The summed E-state index contributed by atoms with van der Waals surface area (Å²) >= 11 is 1.89. The Kier molecular flexibility index (Phi) is 6.21. The predicted molar refractivity (Wildman–Crippen MR) is 215 cm³/mol. The third-order valence-electron chi connectivity index (χ3n) is 11.5. The summed E-state index contributed by atoms with van der Waals surface area (Å²) in [7, 11) is 0. The van der Waals surface area contributed by atoms with Crippen LogP contribution < -0.4 is 4.90 Å². The van der Waals surface area contributed by atoms with Gasteiger partial charge in [-0.15, -0.1) is 11.3 Å². The molecule has 0 unspecified atom stereocenters. The van der Waals surface area contributed by atoms with Crippen LogP contribution in [0.4, 0.5) is 17.1 Å². The van der Waals surface area contributed by atoms with Gasteiger partial charge in [0.1, 0.15) is 0 Å². The molecule has 7 aromatic carbocycles. The molecule has 2 aliphatic carbocycles. The Balaban J connectivity index is 1.19. The number of thiophene rings is 1. The van der Waals surface area contributed by atoms with Crippen molar-refractivity contribution in [2.24, 2.45) is 0 Å². The average Bonchev–Trinajstić information content (AvgIpc) is 3.72. The minimum absolute atomic E-state index is 0.0407. The van der Waals surface area contributed by atoms with Gasteiger partial charge in [-0.25, -0.2) is 0 Å². The smallest absolute Gasteiger partial charge is 0.0468 e. The van der Waals surface area contributed by atoms with Gasteiger partial charge in [-0.1, -0.05) is 137 Å². The number of hydrogen-bond donors (Lipinski definition) is 0. The van der Waals surface area contributed by atoms with Crippen LogP contribution in [0.25, 0.3) is 53.6 Å². The van der Waals surface area contributed by atoms with Crippen LogP contribution in [0.1, 0.15) is 49.9 Å². The zero-order chi connectivity index (χ0) is 33.8. The van der Waals surface area contributed by atoms with Gasteiger partial charge < -0.3 is 4.90 Å². The second kappa shape index (κ2) is 10.5. The van der Waals surface area contributed by atoms with Gasteiger partial charge >= 0.3 is 0 Å². The molecule has 0 bridgehead atoms. The lowest BCUT2D eigenvalue weighted by atomic mass is 9.82. The molecular formula is C48H37NS. The molecule has 240 valence electrons. The molecule has 1 aromatic heterocycles. The van der Waals surface area contributed by atoms with Crippen molar-refractivity contribution < 1.29 is 0 Å². The Morgan fingerprint density at radius 2 is 0.900 bits per heavy atom. The van der Waals surface area contributed by atoms with Crippen LogP contribution in [0, 0.1) is 0 Å². The first-order valence-electron chi connectivity index (χ1n) is 17.6. The highest BCUT2D eigenvalue weighted by Crippen LogP contribution is 2.53. The van der Waals surface area contributed by atoms with E-state index in [1.807, 2.05) is 11.3 Å². The van der Waals surface area contributed by atoms with Crippen molar-refractivity contribution in [1.29, 1.82) is 0 Å². The van der Waals surface area contributed by atoms with Crippen molar-refractivity contribution in [1.82, 2.24) is 0 Å². The summed E-state index contributed by atoms with van der Waals surface area (Å²) in [5.41, 5.74) is 16.8. The zero-order valence-corrected chi connectivity index (χ0v) is 29.6. The molecule has 1 nitrogen and oxygen atoms in total. The molecule has 0 saturated carbocycles. The molecule has 0 saturated heterocycles. The summed E-state index contributed by atoms with van der Waals surface area (Å²) in [6, 6.07) is 56.8. The highest BCUT2D eigenvalue weighted by Gasteiger charge is 2.37. The van der Waals surface area contributed by atoms with Crippen LogP contribution in [0.2, 0.25) is 0 Å². The van der Waals surface area contributed by atoms with Crippen molar-refractivity contribution in [3.63, 3.8) is 0 Å². The monoisotopic (exact) mass is 659 g/mol. The molecule has 1 heterocycles. The lowest BCUT2D eigenvalue weighted by Crippen LogP contribution is -2.16. The predicted octanol–water partition coefficient (Wildman–Crippen LogP) is 13.8. The summed E-state index contributed by atoms with van der Waals surface area (Å²) < 4.78 is 2.67. The number of fused-ring (bicyclic) bond motifs is 9. The van der Waals surface area contributed by atoms with E-state index in [1.165, 1.54) is 87.2 Å². The van der Waals surface area contributed by atoms with E-state index in [0.717, 1.165) is 5.69 Å². The first-order chi connectivity index (χ1) is 24.3. The second-order valence-corrected chi connectivity index (χ2v) is 16.0. The van der Waals surface area contributed by atoms with E-state index in [1.54, 1.807) is 0 Å². The lowest BCUT2D eigenvalue weighted by Gasteiger charge is -2.28. The maximum atomic E-state index is 2.47. The molecule has 8 aromatic rings. The fourth-order valence-electron chi connectivity index (χ4n) is 8.93. The molecule has 0 radical (unpaired) electrons. The van der Waals surface area contributed by atoms with E-state index in [2.05, 4.69) is 184 Å². The molecule has 2 heteroatoms. The summed E-state index contributed by atoms with van der Waals surface area (Å²) in [6.07, 6.45) is 0. The fourth-order valence-corrected chi connectivity index (χ4v) is 10.2. The van der Waals surface area contributed by atoms with Crippen LogP contribution in [-0.4, -0.2) is 0 Å². The van der Waals surface area contributed by atoms with E-state index < -0.39 is 0 Å². The van der Waals surface area contributed by atoms with Gasteiger partial charge in [0.25, 0.3) is 0 Å². The summed E-state index contributed by atoms with van der Waals surface area (Å²) in [6.45, 7) is 9.42. The first-order valence-corrected chi connectivity index (χ1v) is 18.4. The quantitative estimate of drug-likeness (QED) is 0.182. The Hall–Kier alpha value is -5.44. The second-order valence-electron chi connectivity index (χ2n) is 15.0. The molecule has 0 atom stereocenters. The molecule has 0 fully saturated rings. The normalized spacial score (nSPS) is 14.7. The molecule has 0 spiro atoms. The first kappa shape index (κ1) is 29.5. The van der Waals surface area contributed by atoms with E-state index in [4.69, 9.17) is 0 Å². The number of benzene rings is 7. The van der Waals surface area contributed by atoms with Crippen LogP contribution >= 0.6 is 11.3 Å². The van der Waals surface area contributed by atoms with Crippen molar-refractivity contribution in [2.75, 3.05) is 4.90 Å². The SMILES string of the molecule is CC1(C)c2ccccc2-c2cc(N(c3cccc(-c4cccc5c4sc4ccccc45)c3)c3ccc4c(c3)-c3ccccc3C4(C)C)ccc21. The molecule has 2 aliphatic rings. The summed E-state index contributed by atoms with van der Waals surface area (Å²) in [5, 5.41) is 2.65. The summed E-state index contributed by atoms with van der Waals surface area (Å²) in [5.74, 6) is 0. The number of nitrogens with zero attached hydrogens (tertiary/aromatic N) is 1. The molecule has 50 heavy (non-hydrogen) atoms. The van der Waals surface area contributed by atoms with E-state index in [9.17, 15) is 0 Å². The Labute approximate surface area is 298 Å². The minimum Gasteiger partial charge on any atom is -0.310 e. The van der Waals surface area contributed by atoms with Crippen molar-refractivity contribution in [3.05, 3.63) is 174 Å². The van der Waals surface area contributed by atoms with Crippen molar-refractivity contribution in [3.8, 4) is 33.4 Å². The Bertz CT molecular complexity index is 2560. The maximum absolute atomic E-state index is 2.47. The van der Waals surface area contributed by atoms with Gasteiger partial charge in [0.15, 0.2) is 0 Å². The molecule has 0 amide bonds. The largest absolute Gasteiger partial charge is 0.310 e. The average molecular weight is 660 g/mol. The van der Waals surface area contributed by atoms with Gasteiger partial charge in [0.05, 0.1) is 0 Å². The van der Waals surface area contributed by atoms with Crippen LogP contribution in [0.15, 0.2) is 152 Å². The van der Waals surface area contributed by atoms with E-state index in [0.29, 0.717) is 0 Å². The number of rotatable bonds is 4. The van der Waals surface area contributed by atoms with Crippen LogP contribution in [0.3, 0.4) is 0 Å². The number of hydrogen-bond acceptors (Lipinski definition) is 2. The lowest BCUT2D eigenvalue weighted by molar-refractivity contribution is 0.660. The highest BCUT2D eigenvalue weighted by molar-refractivity contribution is 7.26. The molecule has 0 N–H and O–H groups in total. The van der Waals surface area contributed by atoms with Crippen LogP contribution in [-0.2, 0) is 10.8 Å². The number of anilines is 3. The highest BCUT2D eigenvalue weighted by atomic mass is 32.1. The maximum Gasteiger partial charge on any atom is 0.0468 e. The van der Waals surface area contributed by atoms with Crippen molar-refractivity contribution >= 4 is 48.6 Å². The van der Waals surface area contributed by atoms with E-state index >= 15 is 0 Å². The van der Waals surface area contributed by atoms with Gasteiger partial charge in [0.2, 0.25) is 0 Å². The van der Waals surface area contributed by atoms with Gasteiger partial charge in [-0.3, -0.25) is 0 Å². The summed E-state index contributed by atoms with van der Waals surface area (Å²) in [4.78, 5) is 2.47. The topological polar surface area (TPSA) is 3.24 Å². The fraction of sp³-hybridized carbons (Fsp3) is 0.125. The Morgan fingerprint density at radius 1 is 0.400 bits per heavy atom. The molecule has 10 rings (SSSR count). The standard InChI is InChI=1S/C48H37NS/c1-47(2)41-20-8-5-15-35(41)39-28-32(23-25-43(39)47)49(33-24-26-44-40(29-33)36-16-6-9-21-42(36)48(44,3)4)31-14-11-13-30(27-31)34-18-12-19-38-37-17-7-10-22-45(37)50-46(34)38/h5-29H,1-4H3. The van der Waals surface area contributed by atoms with Crippen molar-refractivity contribution in [2.45, 2.75) is 38.5 Å². The Morgan fingerprint density at radius 3 is 1.56 bits per heavy atom. The minimum atomic E-state index is -0.0407. The third kappa shape index (κ3) is 4.12. The zero-order valence-electron chi connectivity index (χ0n) is 28.8. The molecular weight excluding hydrogens is 623 g/mol. The molecule has 0 aliphatic heterocycles.